The molecule has 6 heteroatoms. The van der Waals surface area contributed by atoms with Crippen LogP contribution in [0.15, 0.2) is 24.3 Å². The number of methoxy groups -OCH3 is 1. The molecule has 0 spiro atoms. The average molecular weight is 361 g/mol. The van der Waals surface area contributed by atoms with Crippen LogP contribution in [-0.4, -0.2) is 63.4 Å². The largest absolute Gasteiger partial charge is 0.497 e. The second kappa shape index (κ2) is 9.35. The van der Waals surface area contributed by atoms with E-state index in [0.717, 1.165) is 51.4 Å². The van der Waals surface area contributed by atoms with E-state index >= 15 is 0 Å². The molecule has 144 valence electrons. The molecule has 26 heavy (non-hydrogen) atoms. The van der Waals surface area contributed by atoms with Crippen LogP contribution in [0.5, 0.6) is 5.75 Å². The lowest BCUT2D eigenvalue weighted by Gasteiger charge is -2.35. The van der Waals surface area contributed by atoms with E-state index < -0.39 is 0 Å². The molecule has 0 aromatic heterocycles. The number of hydrogen-bond donors (Lipinski definition) is 2. The summed E-state index contributed by atoms with van der Waals surface area (Å²) in [5.74, 6) is 1.15. The topological polar surface area (TPSA) is 62.8 Å². The second-order valence-electron chi connectivity index (χ2n) is 7.26. The lowest BCUT2D eigenvalue weighted by Crippen LogP contribution is -2.46. The summed E-state index contributed by atoms with van der Waals surface area (Å²) in [5, 5.41) is 6.62. The van der Waals surface area contributed by atoms with E-state index in [1.807, 2.05) is 12.1 Å². The highest BCUT2D eigenvalue weighted by Crippen LogP contribution is 2.24. The molecule has 0 saturated carbocycles. The number of carbonyl (C=O) groups is 1. The third-order valence-corrected chi connectivity index (χ3v) is 5.45. The van der Waals surface area contributed by atoms with E-state index in [1.165, 1.54) is 5.56 Å². The van der Waals surface area contributed by atoms with Crippen LogP contribution in [0.25, 0.3) is 0 Å². The Morgan fingerprint density at radius 3 is 2.73 bits per heavy atom. The van der Waals surface area contributed by atoms with Crippen molar-refractivity contribution in [3.63, 3.8) is 0 Å². The van der Waals surface area contributed by atoms with Gasteiger partial charge in [0.2, 0.25) is 5.91 Å². The lowest BCUT2D eigenvalue weighted by molar-refractivity contribution is -0.126. The van der Waals surface area contributed by atoms with E-state index in [4.69, 9.17) is 9.47 Å². The molecule has 0 aliphatic carbocycles. The highest BCUT2D eigenvalue weighted by Gasteiger charge is 2.27. The van der Waals surface area contributed by atoms with Crippen molar-refractivity contribution < 1.29 is 14.3 Å². The summed E-state index contributed by atoms with van der Waals surface area (Å²) in [6.07, 6.45) is 1.83. The minimum absolute atomic E-state index is 0.118. The average Bonchev–Trinajstić information content (AvgIpc) is 2.69. The van der Waals surface area contributed by atoms with Crippen molar-refractivity contribution in [1.29, 1.82) is 0 Å². The van der Waals surface area contributed by atoms with Gasteiger partial charge in [0.05, 0.1) is 26.4 Å². The van der Waals surface area contributed by atoms with Gasteiger partial charge in [-0.2, -0.15) is 0 Å². The van der Waals surface area contributed by atoms with Crippen LogP contribution in [-0.2, 0) is 9.53 Å². The highest BCUT2D eigenvalue weighted by atomic mass is 16.5. The molecule has 2 aliphatic rings. The number of amides is 1. The Labute approximate surface area is 156 Å². The standard InChI is InChI=1S/C20H31N3O3/c1-15-13-17(7-8-21-15)20(24)22-14-19(23-9-11-26-12-10-23)16-3-5-18(25-2)6-4-16/h3-6,15,17,19,21H,7-14H2,1-2H3,(H,22,24)/t15-,17-,19?/m0/s1. The maximum Gasteiger partial charge on any atom is 0.223 e. The molecule has 1 unspecified atom stereocenters. The van der Waals surface area contributed by atoms with Gasteiger partial charge >= 0.3 is 0 Å². The van der Waals surface area contributed by atoms with Gasteiger partial charge in [-0.1, -0.05) is 12.1 Å². The zero-order valence-electron chi connectivity index (χ0n) is 15.9. The van der Waals surface area contributed by atoms with E-state index in [1.54, 1.807) is 7.11 Å². The first-order valence-corrected chi connectivity index (χ1v) is 9.64. The molecule has 3 atom stereocenters. The minimum atomic E-state index is 0.118. The monoisotopic (exact) mass is 361 g/mol. The molecule has 2 aliphatic heterocycles. The molecule has 2 heterocycles. The van der Waals surface area contributed by atoms with Gasteiger partial charge in [-0.15, -0.1) is 0 Å². The molecular weight excluding hydrogens is 330 g/mol. The minimum Gasteiger partial charge on any atom is -0.497 e. The zero-order valence-corrected chi connectivity index (χ0v) is 15.9. The van der Waals surface area contributed by atoms with Crippen molar-refractivity contribution in [2.45, 2.75) is 31.8 Å². The van der Waals surface area contributed by atoms with Crippen molar-refractivity contribution >= 4 is 5.91 Å². The van der Waals surface area contributed by atoms with Crippen molar-refractivity contribution in [1.82, 2.24) is 15.5 Å². The number of carbonyl (C=O) groups excluding carboxylic acids is 1. The molecule has 6 nitrogen and oxygen atoms in total. The summed E-state index contributed by atoms with van der Waals surface area (Å²) < 4.78 is 10.8. The van der Waals surface area contributed by atoms with Crippen molar-refractivity contribution in [3.8, 4) is 5.75 Å². The predicted octanol–water partition coefficient (Wildman–Crippen LogP) is 1.57. The summed E-state index contributed by atoms with van der Waals surface area (Å²) >= 11 is 0. The van der Waals surface area contributed by atoms with Crippen LogP contribution >= 0.6 is 0 Å². The van der Waals surface area contributed by atoms with Gasteiger partial charge in [0.25, 0.3) is 0 Å². The quantitative estimate of drug-likeness (QED) is 0.805. The summed E-state index contributed by atoms with van der Waals surface area (Å²) in [5.41, 5.74) is 1.20. The van der Waals surface area contributed by atoms with Crippen molar-refractivity contribution in [2.75, 3.05) is 46.5 Å². The Balaban J connectivity index is 1.65. The zero-order chi connectivity index (χ0) is 18.4. The third kappa shape index (κ3) is 4.96. The molecule has 0 radical (unpaired) electrons. The molecule has 2 N–H and O–H groups in total. The van der Waals surface area contributed by atoms with Gasteiger partial charge in [-0.05, 0) is 44.0 Å². The molecular formula is C20H31N3O3. The molecule has 3 rings (SSSR count). The summed E-state index contributed by atoms with van der Waals surface area (Å²) in [4.78, 5) is 15.1. The maximum absolute atomic E-state index is 12.7. The Bertz CT molecular complexity index is 572. The first-order valence-electron chi connectivity index (χ1n) is 9.64. The van der Waals surface area contributed by atoms with E-state index in [-0.39, 0.29) is 17.9 Å². The van der Waals surface area contributed by atoms with Crippen LogP contribution in [0.3, 0.4) is 0 Å². The van der Waals surface area contributed by atoms with E-state index in [2.05, 4.69) is 34.6 Å². The molecule has 1 aromatic rings. The molecule has 1 amide bonds. The number of morpholine rings is 1. The van der Waals surface area contributed by atoms with Crippen molar-refractivity contribution in [3.05, 3.63) is 29.8 Å². The second-order valence-corrected chi connectivity index (χ2v) is 7.26. The van der Waals surface area contributed by atoms with Gasteiger partial charge in [-0.3, -0.25) is 9.69 Å². The Morgan fingerprint density at radius 1 is 1.35 bits per heavy atom. The van der Waals surface area contributed by atoms with Crippen LogP contribution in [0, 0.1) is 5.92 Å². The van der Waals surface area contributed by atoms with E-state index in [0.29, 0.717) is 12.6 Å². The van der Waals surface area contributed by atoms with Gasteiger partial charge in [-0.25, -0.2) is 0 Å². The number of nitrogens with zero attached hydrogens (tertiary/aromatic N) is 1. The fourth-order valence-corrected chi connectivity index (χ4v) is 3.88. The normalized spacial score (nSPS) is 25.5. The fourth-order valence-electron chi connectivity index (χ4n) is 3.88. The number of rotatable bonds is 6. The van der Waals surface area contributed by atoms with Crippen LogP contribution in [0.1, 0.15) is 31.4 Å². The summed E-state index contributed by atoms with van der Waals surface area (Å²) in [6.45, 7) is 6.95. The Hall–Kier alpha value is -1.63. The van der Waals surface area contributed by atoms with Crippen LogP contribution in [0.4, 0.5) is 0 Å². The van der Waals surface area contributed by atoms with Crippen LogP contribution < -0.4 is 15.4 Å². The smallest absolute Gasteiger partial charge is 0.223 e. The first kappa shape index (κ1) is 19.1. The summed E-state index contributed by atoms with van der Waals surface area (Å²) in [6, 6.07) is 8.73. The number of nitrogens with one attached hydrogen (secondary N) is 2. The third-order valence-electron chi connectivity index (χ3n) is 5.45. The Morgan fingerprint density at radius 2 is 2.08 bits per heavy atom. The predicted molar refractivity (Wildman–Crippen MR) is 101 cm³/mol. The SMILES string of the molecule is COc1ccc(C(CNC(=O)[C@H]2CCN[C@@H](C)C2)N2CCOCC2)cc1. The first-order chi connectivity index (χ1) is 12.7. The van der Waals surface area contributed by atoms with Crippen molar-refractivity contribution in [2.24, 2.45) is 5.92 Å². The fraction of sp³-hybridized carbons (Fsp3) is 0.650. The highest BCUT2D eigenvalue weighted by molar-refractivity contribution is 5.78. The summed E-state index contributed by atoms with van der Waals surface area (Å²) in [7, 11) is 1.68. The molecule has 0 bridgehead atoms. The molecule has 1 aromatic carbocycles. The van der Waals surface area contributed by atoms with E-state index in [9.17, 15) is 4.79 Å². The van der Waals surface area contributed by atoms with Gasteiger partial charge in [0.15, 0.2) is 0 Å². The molecule has 2 fully saturated rings. The Kier molecular flexibility index (Phi) is 6.88. The van der Waals surface area contributed by atoms with Crippen LogP contribution in [0.2, 0.25) is 0 Å². The number of ether oxygens (including phenoxy) is 2. The maximum atomic E-state index is 12.7. The lowest BCUT2D eigenvalue weighted by atomic mass is 9.92. The van der Waals surface area contributed by atoms with Gasteiger partial charge in [0, 0.05) is 31.6 Å². The number of piperidine rings is 1. The number of benzene rings is 1. The number of hydrogen-bond acceptors (Lipinski definition) is 5. The van der Waals surface area contributed by atoms with Gasteiger partial charge in [0.1, 0.15) is 5.75 Å². The molecule has 2 saturated heterocycles. The van der Waals surface area contributed by atoms with Gasteiger partial charge < -0.3 is 20.1 Å².